The molecular weight excluding hydrogens is 302 g/mol. The van der Waals surface area contributed by atoms with Crippen molar-refractivity contribution in [1.82, 2.24) is 15.1 Å². The summed E-state index contributed by atoms with van der Waals surface area (Å²) < 4.78 is 11.7. The summed E-state index contributed by atoms with van der Waals surface area (Å²) in [5, 5.41) is 8.40. The summed E-state index contributed by atoms with van der Waals surface area (Å²) >= 11 is 0. The predicted molar refractivity (Wildman–Crippen MR) is 92.7 cm³/mol. The van der Waals surface area contributed by atoms with E-state index in [1.807, 2.05) is 18.2 Å². The SMILES string of the molecule is CCCOC1CCCN(Cc2nnc(Cc3ccccc3)o2)CC1. The number of likely N-dealkylation sites (tertiary alicyclic amines) is 1. The topological polar surface area (TPSA) is 51.4 Å². The van der Waals surface area contributed by atoms with Crippen molar-refractivity contribution < 1.29 is 9.15 Å². The van der Waals surface area contributed by atoms with Gasteiger partial charge in [-0.05, 0) is 37.8 Å². The number of rotatable bonds is 7. The standard InChI is InChI=1S/C19H27N3O2/c1-2-13-23-17-9-6-11-22(12-10-17)15-19-21-20-18(24-19)14-16-7-4-3-5-8-16/h3-5,7-8,17H,2,6,9-15H2,1H3. The van der Waals surface area contributed by atoms with Gasteiger partial charge in [0, 0.05) is 13.2 Å². The van der Waals surface area contributed by atoms with Crippen LogP contribution in [0.1, 0.15) is 50.0 Å². The fraction of sp³-hybridized carbons (Fsp3) is 0.579. The Morgan fingerprint density at radius 2 is 1.96 bits per heavy atom. The molecule has 1 aliphatic rings. The van der Waals surface area contributed by atoms with Crippen molar-refractivity contribution >= 4 is 0 Å². The van der Waals surface area contributed by atoms with Crippen LogP contribution in [0.3, 0.4) is 0 Å². The second kappa shape index (κ2) is 8.94. The monoisotopic (exact) mass is 329 g/mol. The van der Waals surface area contributed by atoms with Crippen LogP contribution < -0.4 is 0 Å². The first-order chi connectivity index (χ1) is 11.8. The molecule has 0 radical (unpaired) electrons. The van der Waals surface area contributed by atoms with E-state index in [9.17, 15) is 0 Å². The molecule has 0 amide bonds. The Balaban J connectivity index is 1.49. The van der Waals surface area contributed by atoms with Gasteiger partial charge in [-0.3, -0.25) is 4.90 Å². The quantitative estimate of drug-likeness (QED) is 0.779. The lowest BCUT2D eigenvalue weighted by atomic mass is 10.2. The number of hydrogen-bond acceptors (Lipinski definition) is 5. The van der Waals surface area contributed by atoms with Crippen molar-refractivity contribution in [3.8, 4) is 0 Å². The fourth-order valence-electron chi connectivity index (χ4n) is 3.12. The molecule has 1 fully saturated rings. The van der Waals surface area contributed by atoms with Crippen LogP contribution in [0, 0.1) is 0 Å². The maximum absolute atomic E-state index is 5.90. The van der Waals surface area contributed by atoms with Crippen LogP contribution in [0.2, 0.25) is 0 Å². The van der Waals surface area contributed by atoms with Crippen LogP contribution in [0.25, 0.3) is 0 Å². The molecule has 1 unspecified atom stereocenters. The maximum Gasteiger partial charge on any atom is 0.230 e. The third-order valence-electron chi connectivity index (χ3n) is 4.39. The van der Waals surface area contributed by atoms with Crippen molar-refractivity contribution in [2.45, 2.75) is 51.7 Å². The average Bonchev–Trinajstić information content (AvgIpc) is 2.91. The number of aromatic nitrogens is 2. The Bertz CT molecular complexity index is 600. The Kier molecular flexibility index (Phi) is 6.38. The zero-order chi connectivity index (χ0) is 16.6. The summed E-state index contributed by atoms with van der Waals surface area (Å²) in [6.07, 6.45) is 5.60. The normalized spacial score (nSPS) is 19.3. The summed E-state index contributed by atoms with van der Waals surface area (Å²) in [5.41, 5.74) is 1.19. The lowest BCUT2D eigenvalue weighted by molar-refractivity contribution is 0.0435. The highest BCUT2D eigenvalue weighted by molar-refractivity contribution is 5.17. The molecule has 0 bridgehead atoms. The third kappa shape index (κ3) is 5.14. The Labute approximate surface area is 144 Å². The molecule has 1 aromatic carbocycles. The molecule has 0 saturated carbocycles. The molecule has 1 aromatic heterocycles. The van der Waals surface area contributed by atoms with Crippen LogP contribution in [-0.4, -0.2) is 40.9 Å². The highest BCUT2D eigenvalue weighted by Crippen LogP contribution is 2.17. The van der Waals surface area contributed by atoms with Gasteiger partial charge in [0.2, 0.25) is 11.8 Å². The molecule has 1 saturated heterocycles. The van der Waals surface area contributed by atoms with Crippen LogP contribution in [-0.2, 0) is 17.7 Å². The molecule has 5 nitrogen and oxygen atoms in total. The van der Waals surface area contributed by atoms with Gasteiger partial charge in [-0.15, -0.1) is 10.2 Å². The van der Waals surface area contributed by atoms with Crippen molar-refractivity contribution in [2.24, 2.45) is 0 Å². The van der Waals surface area contributed by atoms with Crippen LogP contribution in [0.15, 0.2) is 34.7 Å². The van der Waals surface area contributed by atoms with E-state index in [0.717, 1.165) is 45.5 Å². The first kappa shape index (κ1) is 17.1. The maximum atomic E-state index is 5.90. The molecule has 0 spiro atoms. The molecular formula is C19H27N3O2. The first-order valence-electron chi connectivity index (χ1n) is 9.02. The number of nitrogens with zero attached hydrogens (tertiary/aromatic N) is 3. The summed E-state index contributed by atoms with van der Waals surface area (Å²) in [5.74, 6) is 1.41. The average molecular weight is 329 g/mol. The Morgan fingerprint density at radius 3 is 2.79 bits per heavy atom. The first-order valence-corrected chi connectivity index (χ1v) is 9.02. The number of benzene rings is 1. The van der Waals surface area contributed by atoms with Crippen molar-refractivity contribution in [3.63, 3.8) is 0 Å². The molecule has 24 heavy (non-hydrogen) atoms. The van der Waals surface area contributed by atoms with Gasteiger partial charge in [-0.2, -0.15) is 0 Å². The fourth-order valence-corrected chi connectivity index (χ4v) is 3.12. The van der Waals surface area contributed by atoms with E-state index in [0.29, 0.717) is 24.3 Å². The number of hydrogen-bond donors (Lipinski definition) is 0. The minimum absolute atomic E-state index is 0.409. The van der Waals surface area contributed by atoms with Crippen LogP contribution in [0.4, 0.5) is 0 Å². The van der Waals surface area contributed by atoms with E-state index in [4.69, 9.17) is 9.15 Å². The summed E-state index contributed by atoms with van der Waals surface area (Å²) in [6, 6.07) is 10.2. The lowest BCUT2D eigenvalue weighted by Crippen LogP contribution is -2.25. The highest BCUT2D eigenvalue weighted by atomic mass is 16.5. The smallest absolute Gasteiger partial charge is 0.230 e. The van der Waals surface area contributed by atoms with Gasteiger partial charge in [0.15, 0.2) is 0 Å². The Morgan fingerprint density at radius 1 is 1.12 bits per heavy atom. The van der Waals surface area contributed by atoms with E-state index in [-0.39, 0.29) is 0 Å². The predicted octanol–water partition coefficient (Wildman–Crippen LogP) is 3.44. The summed E-state index contributed by atoms with van der Waals surface area (Å²) in [4.78, 5) is 2.40. The molecule has 1 aliphatic heterocycles. The van der Waals surface area contributed by atoms with E-state index in [1.54, 1.807) is 0 Å². The minimum Gasteiger partial charge on any atom is -0.424 e. The minimum atomic E-state index is 0.409. The Hall–Kier alpha value is -1.72. The van der Waals surface area contributed by atoms with E-state index < -0.39 is 0 Å². The van der Waals surface area contributed by atoms with Gasteiger partial charge in [0.1, 0.15) is 0 Å². The van der Waals surface area contributed by atoms with Gasteiger partial charge in [-0.25, -0.2) is 0 Å². The molecule has 0 aliphatic carbocycles. The largest absolute Gasteiger partial charge is 0.424 e. The van der Waals surface area contributed by atoms with E-state index >= 15 is 0 Å². The molecule has 130 valence electrons. The molecule has 1 atom stereocenters. The third-order valence-corrected chi connectivity index (χ3v) is 4.39. The van der Waals surface area contributed by atoms with Crippen molar-refractivity contribution in [1.29, 1.82) is 0 Å². The zero-order valence-corrected chi connectivity index (χ0v) is 14.5. The zero-order valence-electron chi connectivity index (χ0n) is 14.5. The molecule has 0 N–H and O–H groups in total. The van der Waals surface area contributed by atoms with Crippen LogP contribution in [0.5, 0.6) is 0 Å². The molecule has 2 aromatic rings. The van der Waals surface area contributed by atoms with Gasteiger partial charge < -0.3 is 9.15 Å². The van der Waals surface area contributed by atoms with Crippen molar-refractivity contribution in [3.05, 3.63) is 47.7 Å². The van der Waals surface area contributed by atoms with Gasteiger partial charge in [0.05, 0.1) is 19.1 Å². The van der Waals surface area contributed by atoms with Crippen molar-refractivity contribution in [2.75, 3.05) is 19.7 Å². The van der Waals surface area contributed by atoms with Gasteiger partial charge in [-0.1, -0.05) is 37.3 Å². The van der Waals surface area contributed by atoms with Gasteiger partial charge in [0.25, 0.3) is 0 Å². The highest BCUT2D eigenvalue weighted by Gasteiger charge is 2.19. The number of ether oxygens (including phenoxy) is 1. The van der Waals surface area contributed by atoms with E-state index in [2.05, 4.69) is 34.2 Å². The van der Waals surface area contributed by atoms with Gasteiger partial charge >= 0.3 is 0 Å². The lowest BCUT2D eigenvalue weighted by Gasteiger charge is -2.18. The molecule has 2 heterocycles. The van der Waals surface area contributed by atoms with E-state index in [1.165, 1.54) is 12.0 Å². The summed E-state index contributed by atoms with van der Waals surface area (Å²) in [6.45, 7) is 5.87. The molecule has 5 heteroatoms. The second-order valence-electron chi connectivity index (χ2n) is 6.45. The second-order valence-corrected chi connectivity index (χ2v) is 6.45. The van der Waals surface area contributed by atoms with Crippen LogP contribution >= 0.6 is 0 Å². The summed E-state index contributed by atoms with van der Waals surface area (Å²) in [7, 11) is 0. The molecule has 3 rings (SSSR count).